The highest BCUT2D eigenvalue weighted by Gasteiger charge is 2.55. The van der Waals surface area contributed by atoms with Crippen molar-refractivity contribution in [3.63, 3.8) is 0 Å². The molecule has 2 atom stereocenters. The molecular weight excluding hydrogens is 384 g/mol. The summed E-state index contributed by atoms with van der Waals surface area (Å²) in [5, 5.41) is 20.2. The number of Topliss-reactive ketones (excluding diaryl/α,β-unsaturated/α-hetero) is 1. The summed E-state index contributed by atoms with van der Waals surface area (Å²) in [5.74, 6) is -6.73. The molecule has 0 aromatic rings. The molecule has 0 aromatic carbocycles. The van der Waals surface area contributed by atoms with E-state index in [1.807, 2.05) is 20.8 Å². The van der Waals surface area contributed by atoms with Crippen molar-refractivity contribution in [2.75, 3.05) is 26.4 Å². The maximum atomic E-state index is 12.6. The fraction of sp³-hybridized carbons (Fsp3) is 0.800. The van der Waals surface area contributed by atoms with E-state index < -0.39 is 48.2 Å². The van der Waals surface area contributed by atoms with Crippen molar-refractivity contribution in [3.05, 3.63) is 0 Å². The van der Waals surface area contributed by atoms with Gasteiger partial charge in [-0.15, -0.1) is 0 Å². The summed E-state index contributed by atoms with van der Waals surface area (Å²) in [6.07, 6.45) is 2.75. The topological polar surface area (TPSA) is 136 Å². The number of ketones is 1. The lowest BCUT2D eigenvalue weighted by molar-refractivity contribution is -0.188. The first kappa shape index (κ1) is 27.0. The maximum Gasteiger partial charge on any atom is 0.340 e. The van der Waals surface area contributed by atoms with Crippen LogP contribution in [0.2, 0.25) is 0 Å². The molecule has 2 N–H and O–H groups in total. The summed E-state index contributed by atoms with van der Waals surface area (Å²) in [6.45, 7) is 4.45. The second kappa shape index (κ2) is 14.9. The van der Waals surface area contributed by atoms with Crippen LogP contribution in [0.3, 0.4) is 0 Å². The standard InChI is InChI=1S/C20H34O9/c1-4-7-10-27-16(23)13-20(26,19(25)29-12-9-6-3)17(15(22)14-21)18(24)28-11-8-5-2/h17,21,26H,4-14H2,1-3H3. The van der Waals surface area contributed by atoms with Gasteiger partial charge in [-0.2, -0.15) is 0 Å². The Morgan fingerprint density at radius 2 is 1.31 bits per heavy atom. The van der Waals surface area contributed by atoms with Crippen molar-refractivity contribution in [2.24, 2.45) is 5.92 Å². The van der Waals surface area contributed by atoms with Crippen molar-refractivity contribution < 1.29 is 43.6 Å². The van der Waals surface area contributed by atoms with Crippen molar-refractivity contribution in [2.45, 2.75) is 71.3 Å². The fourth-order valence-corrected chi connectivity index (χ4v) is 2.41. The van der Waals surface area contributed by atoms with Crippen LogP contribution in [0.5, 0.6) is 0 Å². The summed E-state index contributed by atoms with van der Waals surface area (Å²) >= 11 is 0. The molecule has 9 heteroatoms. The van der Waals surface area contributed by atoms with Gasteiger partial charge in [-0.1, -0.05) is 40.0 Å². The molecule has 0 aliphatic heterocycles. The number of aliphatic hydroxyl groups excluding tert-OH is 1. The third-order valence-corrected chi connectivity index (χ3v) is 4.19. The molecule has 0 aromatic heterocycles. The van der Waals surface area contributed by atoms with Gasteiger partial charge in [-0.25, -0.2) is 4.79 Å². The van der Waals surface area contributed by atoms with Gasteiger partial charge in [0, 0.05) is 0 Å². The Morgan fingerprint density at radius 3 is 1.79 bits per heavy atom. The zero-order valence-electron chi connectivity index (χ0n) is 17.6. The number of unbranched alkanes of at least 4 members (excludes halogenated alkanes) is 3. The highest BCUT2D eigenvalue weighted by Crippen LogP contribution is 2.27. The molecule has 0 rings (SSSR count). The van der Waals surface area contributed by atoms with Crippen LogP contribution in [0.25, 0.3) is 0 Å². The second-order valence-corrected chi connectivity index (χ2v) is 6.74. The van der Waals surface area contributed by atoms with Gasteiger partial charge in [0.1, 0.15) is 6.61 Å². The highest BCUT2D eigenvalue weighted by molar-refractivity contribution is 6.06. The monoisotopic (exact) mass is 418 g/mol. The first-order chi connectivity index (χ1) is 13.8. The number of rotatable bonds is 16. The quantitative estimate of drug-likeness (QED) is 0.164. The molecule has 0 saturated heterocycles. The minimum atomic E-state index is -2.83. The minimum absolute atomic E-state index is 0.0353. The fourth-order valence-electron chi connectivity index (χ4n) is 2.41. The molecule has 168 valence electrons. The van der Waals surface area contributed by atoms with Gasteiger partial charge in [0.25, 0.3) is 0 Å². The normalized spacial score (nSPS) is 13.8. The summed E-state index contributed by atoms with van der Waals surface area (Å²) in [4.78, 5) is 49.4. The van der Waals surface area contributed by atoms with Crippen LogP contribution in [0.4, 0.5) is 0 Å². The number of esters is 3. The van der Waals surface area contributed by atoms with Crippen LogP contribution in [-0.2, 0) is 33.4 Å². The van der Waals surface area contributed by atoms with E-state index in [0.717, 1.165) is 6.42 Å². The number of carbonyl (C=O) groups is 4. The van der Waals surface area contributed by atoms with Crippen LogP contribution in [0.1, 0.15) is 65.7 Å². The van der Waals surface area contributed by atoms with Gasteiger partial charge < -0.3 is 24.4 Å². The molecule has 29 heavy (non-hydrogen) atoms. The third-order valence-electron chi connectivity index (χ3n) is 4.19. The number of carbonyl (C=O) groups excluding carboxylic acids is 4. The Bertz CT molecular complexity index is 532. The third kappa shape index (κ3) is 9.36. The van der Waals surface area contributed by atoms with E-state index in [0.29, 0.717) is 32.1 Å². The summed E-state index contributed by atoms with van der Waals surface area (Å²) in [5.41, 5.74) is -2.83. The van der Waals surface area contributed by atoms with Crippen LogP contribution in [0.15, 0.2) is 0 Å². The average Bonchev–Trinajstić information content (AvgIpc) is 2.68. The van der Waals surface area contributed by atoms with Gasteiger partial charge in [0.05, 0.1) is 26.2 Å². The summed E-state index contributed by atoms with van der Waals surface area (Å²) in [6, 6.07) is 0. The maximum absolute atomic E-state index is 12.6. The highest BCUT2D eigenvalue weighted by atomic mass is 16.6. The number of ether oxygens (including phenoxy) is 3. The molecule has 0 aliphatic rings. The Morgan fingerprint density at radius 1 is 0.828 bits per heavy atom. The van der Waals surface area contributed by atoms with Crippen LogP contribution < -0.4 is 0 Å². The second-order valence-electron chi connectivity index (χ2n) is 6.74. The number of hydrogen-bond acceptors (Lipinski definition) is 9. The molecule has 2 unspecified atom stereocenters. The Kier molecular flexibility index (Phi) is 13.9. The van der Waals surface area contributed by atoms with E-state index in [1.165, 1.54) is 0 Å². The van der Waals surface area contributed by atoms with Crippen molar-refractivity contribution in [1.82, 2.24) is 0 Å². The van der Waals surface area contributed by atoms with Crippen molar-refractivity contribution >= 4 is 23.7 Å². The lowest BCUT2D eigenvalue weighted by atomic mass is 9.81. The first-order valence-electron chi connectivity index (χ1n) is 10.1. The zero-order valence-corrected chi connectivity index (χ0v) is 17.6. The molecule has 0 spiro atoms. The molecule has 0 aliphatic carbocycles. The molecule has 0 heterocycles. The lowest BCUT2D eigenvalue weighted by Gasteiger charge is -2.30. The molecule has 0 bridgehead atoms. The predicted octanol–water partition coefficient (Wildman–Crippen LogP) is 1.32. The molecule has 0 fully saturated rings. The van der Waals surface area contributed by atoms with Gasteiger partial charge in [-0.05, 0) is 19.3 Å². The molecular formula is C20H34O9. The average molecular weight is 418 g/mol. The van der Waals surface area contributed by atoms with Crippen molar-refractivity contribution in [1.29, 1.82) is 0 Å². The van der Waals surface area contributed by atoms with E-state index in [4.69, 9.17) is 14.2 Å². The van der Waals surface area contributed by atoms with Crippen molar-refractivity contribution in [3.8, 4) is 0 Å². The molecule has 0 saturated carbocycles. The Labute approximate surface area is 171 Å². The van der Waals surface area contributed by atoms with E-state index >= 15 is 0 Å². The smallest absolute Gasteiger partial charge is 0.340 e. The van der Waals surface area contributed by atoms with E-state index in [9.17, 15) is 29.4 Å². The van der Waals surface area contributed by atoms with Gasteiger partial charge >= 0.3 is 17.9 Å². The molecule has 0 radical (unpaired) electrons. The molecule has 9 nitrogen and oxygen atoms in total. The van der Waals surface area contributed by atoms with E-state index in [2.05, 4.69) is 0 Å². The summed E-state index contributed by atoms with van der Waals surface area (Å²) < 4.78 is 14.9. The lowest BCUT2D eigenvalue weighted by Crippen LogP contribution is -2.56. The number of hydrogen-bond donors (Lipinski definition) is 2. The summed E-state index contributed by atoms with van der Waals surface area (Å²) in [7, 11) is 0. The molecule has 0 amide bonds. The van der Waals surface area contributed by atoms with Gasteiger partial charge in [-0.3, -0.25) is 14.4 Å². The SMILES string of the molecule is CCCCOC(=O)CC(O)(C(=O)OCCCC)C(C(=O)CO)C(=O)OCCCC. The van der Waals surface area contributed by atoms with Crippen LogP contribution >= 0.6 is 0 Å². The van der Waals surface area contributed by atoms with Gasteiger partial charge in [0.2, 0.25) is 0 Å². The Balaban J connectivity index is 5.69. The van der Waals surface area contributed by atoms with E-state index in [1.54, 1.807) is 0 Å². The van der Waals surface area contributed by atoms with E-state index in [-0.39, 0.29) is 19.8 Å². The van der Waals surface area contributed by atoms with Crippen LogP contribution in [0, 0.1) is 5.92 Å². The first-order valence-corrected chi connectivity index (χ1v) is 10.1. The minimum Gasteiger partial charge on any atom is -0.466 e. The Hall–Kier alpha value is -2.00. The van der Waals surface area contributed by atoms with Crippen LogP contribution in [-0.4, -0.2) is 65.9 Å². The van der Waals surface area contributed by atoms with Gasteiger partial charge in [0.15, 0.2) is 17.3 Å². The largest absolute Gasteiger partial charge is 0.466 e. The predicted molar refractivity (Wildman–Crippen MR) is 103 cm³/mol. The zero-order chi connectivity index (χ0) is 22.3. The number of aliphatic hydroxyl groups is 2.